The number of hydrogen-bond donors (Lipinski definition) is 1. The molecule has 6 heteroatoms. The Morgan fingerprint density at radius 2 is 2.21 bits per heavy atom. The number of nitrogens with zero attached hydrogens (tertiary/aromatic N) is 3. The number of likely N-dealkylation sites (tertiary alicyclic amines) is 1. The number of rotatable bonds is 6. The Hall–Kier alpha value is -1.79. The van der Waals surface area contributed by atoms with Crippen molar-refractivity contribution in [2.75, 3.05) is 26.7 Å². The van der Waals surface area contributed by atoms with Crippen LogP contribution in [0, 0.1) is 5.92 Å². The minimum atomic E-state index is 0.194. The third-order valence-electron chi connectivity index (χ3n) is 4.54. The first-order valence-corrected chi connectivity index (χ1v) is 9.42. The predicted molar refractivity (Wildman–Crippen MR) is 96.9 cm³/mol. The van der Waals surface area contributed by atoms with Crippen molar-refractivity contribution >= 4 is 17.2 Å². The van der Waals surface area contributed by atoms with Crippen molar-refractivity contribution in [2.24, 2.45) is 5.92 Å². The van der Waals surface area contributed by atoms with Crippen LogP contribution in [0.25, 0.3) is 10.7 Å². The molecular formula is C18H24N4OS. The van der Waals surface area contributed by atoms with Crippen molar-refractivity contribution in [3.05, 3.63) is 35.5 Å². The van der Waals surface area contributed by atoms with Gasteiger partial charge in [-0.2, -0.15) is 0 Å². The standard InChI is InChI=1S/C18H24N4OS/c1-19-9-5-14-6-10-22(11-7-14)17(23)12-15-13-24-18(21-15)16-4-2-3-8-20-16/h2-4,8,13-14,19H,5-7,9-12H2,1H3. The molecule has 0 bridgehead atoms. The van der Waals surface area contributed by atoms with Crippen LogP contribution in [0.15, 0.2) is 29.8 Å². The van der Waals surface area contributed by atoms with Crippen LogP contribution in [0.5, 0.6) is 0 Å². The van der Waals surface area contributed by atoms with Gasteiger partial charge in [-0.05, 0) is 50.9 Å². The zero-order valence-corrected chi connectivity index (χ0v) is 14.9. The van der Waals surface area contributed by atoms with Crippen molar-refractivity contribution in [1.29, 1.82) is 0 Å². The van der Waals surface area contributed by atoms with E-state index in [0.29, 0.717) is 6.42 Å². The van der Waals surface area contributed by atoms with Crippen LogP contribution in [-0.4, -0.2) is 47.5 Å². The number of thiazole rings is 1. The lowest BCUT2D eigenvalue weighted by atomic mass is 9.93. The second-order valence-electron chi connectivity index (χ2n) is 6.25. The molecule has 0 aliphatic carbocycles. The molecule has 1 saturated heterocycles. The molecule has 3 rings (SSSR count). The largest absolute Gasteiger partial charge is 0.342 e. The lowest BCUT2D eigenvalue weighted by Crippen LogP contribution is -2.39. The molecule has 0 radical (unpaired) electrons. The van der Waals surface area contributed by atoms with Crippen LogP contribution in [0.3, 0.4) is 0 Å². The number of nitrogens with one attached hydrogen (secondary N) is 1. The highest BCUT2D eigenvalue weighted by molar-refractivity contribution is 7.13. The van der Waals surface area contributed by atoms with Gasteiger partial charge >= 0.3 is 0 Å². The Balaban J connectivity index is 1.52. The van der Waals surface area contributed by atoms with Gasteiger partial charge in [0, 0.05) is 24.7 Å². The van der Waals surface area contributed by atoms with Gasteiger partial charge in [-0.15, -0.1) is 11.3 Å². The van der Waals surface area contributed by atoms with Crippen LogP contribution >= 0.6 is 11.3 Å². The third-order valence-corrected chi connectivity index (χ3v) is 5.45. The second-order valence-corrected chi connectivity index (χ2v) is 7.11. The summed E-state index contributed by atoms with van der Waals surface area (Å²) in [6, 6.07) is 5.79. The molecule has 0 aromatic carbocycles. The summed E-state index contributed by atoms with van der Waals surface area (Å²) in [5.41, 5.74) is 1.72. The summed E-state index contributed by atoms with van der Waals surface area (Å²) < 4.78 is 0. The van der Waals surface area contributed by atoms with E-state index in [1.165, 1.54) is 6.42 Å². The molecule has 1 aliphatic rings. The number of piperidine rings is 1. The molecule has 2 aromatic heterocycles. The molecule has 24 heavy (non-hydrogen) atoms. The Kier molecular flexibility index (Phi) is 5.93. The average Bonchev–Trinajstić information content (AvgIpc) is 3.09. The lowest BCUT2D eigenvalue weighted by Gasteiger charge is -2.32. The summed E-state index contributed by atoms with van der Waals surface area (Å²) in [5.74, 6) is 0.941. The van der Waals surface area contributed by atoms with E-state index in [1.807, 2.05) is 35.5 Å². The van der Waals surface area contributed by atoms with Gasteiger partial charge in [0.15, 0.2) is 0 Å². The Bertz CT molecular complexity index is 650. The van der Waals surface area contributed by atoms with Gasteiger partial charge in [-0.3, -0.25) is 9.78 Å². The second kappa shape index (κ2) is 8.35. The smallest absolute Gasteiger partial charge is 0.228 e. The number of pyridine rings is 1. The molecule has 0 unspecified atom stereocenters. The maximum atomic E-state index is 12.5. The van der Waals surface area contributed by atoms with Gasteiger partial charge in [-0.1, -0.05) is 6.07 Å². The first-order chi connectivity index (χ1) is 11.8. The topological polar surface area (TPSA) is 58.1 Å². The van der Waals surface area contributed by atoms with E-state index < -0.39 is 0 Å². The lowest BCUT2D eigenvalue weighted by molar-refractivity contribution is -0.131. The van der Waals surface area contributed by atoms with Gasteiger partial charge in [-0.25, -0.2) is 4.98 Å². The number of carbonyl (C=O) groups excluding carboxylic acids is 1. The molecule has 1 N–H and O–H groups in total. The number of aromatic nitrogens is 2. The summed E-state index contributed by atoms with van der Waals surface area (Å²) >= 11 is 1.55. The van der Waals surface area contributed by atoms with E-state index >= 15 is 0 Å². The van der Waals surface area contributed by atoms with E-state index in [2.05, 4.69) is 15.3 Å². The van der Waals surface area contributed by atoms with Crippen LogP contribution < -0.4 is 5.32 Å². The third kappa shape index (κ3) is 4.39. The molecular weight excluding hydrogens is 320 g/mol. The SMILES string of the molecule is CNCCC1CCN(C(=O)Cc2csc(-c3ccccn3)n2)CC1. The van der Waals surface area contributed by atoms with Gasteiger partial charge in [0.05, 0.1) is 17.8 Å². The highest BCUT2D eigenvalue weighted by atomic mass is 32.1. The number of hydrogen-bond acceptors (Lipinski definition) is 5. The zero-order valence-electron chi connectivity index (χ0n) is 14.1. The first kappa shape index (κ1) is 17.0. The maximum Gasteiger partial charge on any atom is 0.228 e. The van der Waals surface area contributed by atoms with E-state index in [1.54, 1.807) is 17.5 Å². The van der Waals surface area contributed by atoms with E-state index in [0.717, 1.165) is 54.8 Å². The minimum Gasteiger partial charge on any atom is -0.342 e. The molecule has 0 atom stereocenters. The molecule has 0 spiro atoms. The van der Waals surface area contributed by atoms with E-state index in [-0.39, 0.29) is 5.91 Å². The molecule has 128 valence electrons. The Morgan fingerprint density at radius 3 is 2.92 bits per heavy atom. The summed E-state index contributed by atoms with van der Waals surface area (Å²) in [4.78, 5) is 23.4. The van der Waals surface area contributed by atoms with Crippen molar-refractivity contribution in [2.45, 2.75) is 25.7 Å². The summed E-state index contributed by atoms with van der Waals surface area (Å²) in [5, 5.41) is 6.06. The molecule has 5 nitrogen and oxygen atoms in total. The fraction of sp³-hybridized carbons (Fsp3) is 0.500. The van der Waals surface area contributed by atoms with Crippen LogP contribution in [-0.2, 0) is 11.2 Å². The highest BCUT2D eigenvalue weighted by Crippen LogP contribution is 2.23. The molecule has 1 amide bonds. The van der Waals surface area contributed by atoms with E-state index in [4.69, 9.17) is 0 Å². The molecule has 1 fully saturated rings. The van der Waals surface area contributed by atoms with Gasteiger partial charge in [0.1, 0.15) is 5.01 Å². The van der Waals surface area contributed by atoms with Crippen LogP contribution in [0.2, 0.25) is 0 Å². The van der Waals surface area contributed by atoms with Crippen molar-refractivity contribution < 1.29 is 4.79 Å². The molecule has 1 aliphatic heterocycles. The average molecular weight is 344 g/mol. The fourth-order valence-electron chi connectivity index (χ4n) is 3.08. The number of amides is 1. The van der Waals surface area contributed by atoms with Crippen molar-refractivity contribution in [3.8, 4) is 10.7 Å². The molecule has 0 saturated carbocycles. The van der Waals surface area contributed by atoms with Crippen LogP contribution in [0.4, 0.5) is 0 Å². The van der Waals surface area contributed by atoms with Crippen molar-refractivity contribution in [1.82, 2.24) is 20.2 Å². The Labute approximate surface area is 147 Å². The molecule has 3 heterocycles. The minimum absolute atomic E-state index is 0.194. The summed E-state index contributed by atoms with van der Waals surface area (Å²) in [7, 11) is 1.99. The summed E-state index contributed by atoms with van der Waals surface area (Å²) in [6.45, 7) is 2.82. The Morgan fingerprint density at radius 1 is 1.38 bits per heavy atom. The monoisotopic (exact) mass is 344 g/mol. The normalized spacial score (nSPS) is 15.6. The molecule has 2 aromatic rings. The maximum absolute atomic E-state index is 12.5. The number of carbonyl (C=O) groups is 1. The van der Waals surface area contributed by atoms with Gasteiger partial charge in [0.2, 0.25) is 5.91 Å². The highest BCUT2D eigenvalue weighted by Gasteiger charge is 2.23. The van der Waals surface area contributed by atoms with Crippen LogP contribution in [0.1, 0.15) is 25.0 Å². The fourth-order valence-corrected chi connectivity index (χ4v) is 3.88. The van der Waals surface area contributed by atoms with Crippen molar-refractivity contribution in [3.63, 3.8) is 0 Å². The van der Waals surface area contributed by atoms with E-state index in [9.17, 15) is 4.79 Å². The van der Waals surface area contributed by atoms with Gasteiger partial charge < -0.3 is 10.2 Å². The first-order valence-electron chi connectivity index (χ1n) is 8.54. The summed E-state index contributed by atoms with van der Waals surface area (Å²) in [6.07, 6.45) is 5.59. The quantitative estimate of drug-likeness (QED) is 0.875. The van der Waals surface area contributed by atoms with Gasteiger partial charge in [0.25, 0.3) is 0 Å². The zero-order chi connectivity index (χ0) is 16.8. The predicted octanol–water partition coefficient (Wildman–Crippen LogP) is 2.60.